The maximum atomic E-state index is 11.4. The van der Waals surface area contributed by atoms with E-state index < -0.39 is 17.4 Å². The van der Waals surface area contributed by atoms with E-state index in [2.05, 4.69) is 0 Å². The average molecular weight is 292 g/mol. The van der Waals surface area contributed by atoms with Crippen molar-refractivity contribution in [3.8, 4) is 0 Å². The van der Waals surface area contributed by atoms with Gasteiger partial charge in [0.15, 0.2) is 0 Å². The van der Waals surface area contributed by atoms with Crippen molar-refractivity contribution in [2.75, 3.05) is 13.2 Å². The molecule has 0 amide bonds. The van der Waals surface area contributed by atoms with Gasteiger partial charge in [-0.3, -0.25) is 0 Å². The van der Waals surface area contributed by atoms with Gasteiger partial charge in [0.2, 0.25) is 0 Å². The molecule has 0 aromatic rings. The molecule has 0 aromatic heterocycles. The van der Waals surface area contributed by atoms with E-state index in [9.17, 15) is 9.59 Å². The summed E-state index contributed by atoms with van der Waals surface area (Å²) < 4.78 is 10.2. The van der Waals surface area contributed by atoms with E-state index in [0.29, 0.717) is 0 Å². The number of ether oxygens (including phenoxy) is 2. The quantitative estimate of drug-likeness (QED) is 0.391. The predicted molar refractivity (Wildman–Crippen MR) is 83.6 cm³/mol. The molecular formula is C17H24O4. The molecule has 0 aliphatic heterocycles. The molecule has 21 heavy (non-hydrogen) atoms. The van der Waals surface area contributed by atoms with Gasteiger partial charge in [0.05, 0.1) is 13.2 Å². The molecule has 0 bridgehead atoms. The van der Waals surface area contributed by atoms with Gasteiger partial charge >= 0.3 is 11.9 Å². The summed E-state index contributed by atoms with van der Waals surface area (Å²) in [5.74, 6) is -0.832. The Hall–Kier alpha value is -2.10. The van der Waals surface area contributed by atoms with Gasteiger partial charge in [0, 0.05) is 17.6 Å². The lowest BCUT2D eigenvalue weighted by atomic mass is 9.96. The SMILES string of the molecule is CC=CC=CC(=O)OCC(C)(C)COC(=O)C=CC=CC. The topological polar surface area (TPSA) is 52.6 Å². The monoisotopic (exact) mass is 292 g/mol. The van der Waals surface area contributed by atoms with E-state index in [1.165, 1.54) is 12.2 Å². The van der Waals surface area contributed by atoms with Crippen LogP contribution in [0, 0.1) is 5.41 Å². The molecule has 0 rings (SSSR count). The normalized spacial score (nSPS) is 12.8. The summed E-state index contributed by atoms with van der Waals surface area (Å²) in [6.45, 7) is 7.79. The maximum Gasteiger partial charge on any atom is 0.330 e. The Morgan fingerprint density at radius 1 is 0.810 bits per heavy atom. The summed E-state index contributed by atoms with van der Waals surface area (Å²) in [6, 6.07) is 0. The molecule has 0 saturated carbocycles. The first-order chi connectivity index (χ1) is 9.91. The Morgan fingerprint density at radius 2 is 1.19 bits per heavy atom. The van der Waals surface area contributed by atoms with Crippen molar-refractivity contribution in [1.29, 1.82) is 0 Å². The number of allylic oxidation sites excluding steroid dienone is 6. The first-order valence-corrected chi connectivity index (χ1v) is 6.83. The van der Waals surface area contributed by atoms with Gasteiger partial charge < -0.3 is 9.47 Å². The van der Waals surface area contributed by atoms with Crippen LogP contribution in [-0.4, -0.2) is 25.2 Å². The zero-order valence-corrected chi connectivity index (χ0v) is 13.2. The summed E-state index contributed by atoms with van der Waals surface area (Å²) in [7, 11) is 0. The molecule has 0 aliphatic rings. The lowest BCUT2D eigenvalue weighted by molar-refractivity contribution is -0.146. The second-order valence-corrected chi connectivity index (χ2v) is 5.15. The highest BCUT2D eigenvalue weighted by atomic mass is 16.5. The van der Waals surface area contributed by atoms with Crippen molar-refractivity contribution in [2.45, 2.75) is 27.7 Å². The Kier molecular flexibility index (Phi) is 9.59. The molecule has 0 aliphatic carbocycles. The number of esters is 2. The molecule has 0 unspecified atom stereocenters. The molecule has 0 saturated heterocycles. The van der Waals surface area contributed by atoms with E-state index in [1.807, 2.05) is 39.8 Å². The second kappa shape index (κ2) is 10.7. The lowest BCUT2D eigenvalue weighted by Crippen LogP contribution is -2.28. The highest BCUT2D eigenvalue weighted by molar-refractivity contribution is 5.82. The van der Waals surface area contributed by atoms with Crippen molar-refractivity contribution in [3.63, 3.8) is 0 Å². The van der Waals surface area contributed by atoms with Crippen LogP contribution in [0.15, 0.2) is 48.6 Å². The van der Waals surface area contributed by atoms with Crippen LogP contribution >= 0.6 is 0 Å². The Bertz CT molecular complexity index is 400. The van der Waals surface area contributed by atoms with Crippen LogP contribution in [0.5, 0.6) is 0 Å². The van der Waals surface area contributed by atoms with Gasteiger partial charge in [-0.25, -0.2) is 9.59 Å². The second-order valence-electron chi connectivity index (χ2n) is 5.15. The van der Waals surface area contributed by atoms with E-state index in [0.717, 1.165) is 0 Å². The molecule has 4 nitrogen and oxygen atoms in total. The average Bonchev–Trinajstić information content (AvgIpc) is 2.44. The highest BCUT2D eigenvalue weighted by Gasteiger charge is 2.21. The maximum absolute atomic E-state index is 11.4. The molecular weight excluding hydrogens is 268 g/mol. The number of carbonyl (C=O) groups excluding carboxylic acids is 2. The van der Waals surface area contributed by atoms with Crippen LogP contribution in [0.25, 0.3) is 0 Å². The molecule has 4 heteroatoms. The first kappa shape index (κ1) is 18.9. The minimum absolute atomic E-state index is 0.178. The van der Waals surface area contributed by atoms with Crippen molar-refractivity contribution in [3.05, 3.63) is 48.6 Å². The van der Waals surface area contributed by atoms with Gasteiger partial charge in [0.25, 0.3) is 0 Å². The predicted octanol–water partition coefficient (Wildman–Crippen LogP) is 3.36. The van der Waals surface area contributed by atoms with Crippen LogP contribution < -0.4 is 0 Å². The fourth-order valence-corrected chi connectivity index (χ4v) is 1.16. The fraction of sp³-hybridized carbons (Fsp3) is 0.412. The molecule has 0 spiro atoms. The third kappa shape index (κ3) is 11.4. The smallest absolute Gasteiger partial charge is 0.330 e. The van der Waals surface area contributed by atoms with Crippen molar-refractivity contribution in [1.82, 2.24) is 0 Å². The van der Waals surface area contributed by atoms with E-state index in [4.69, 9.17) is 9.47 Å². The highest BCUT2D eigenvalue weighted by Crippen LogP contribution is 2.16. The number of rotatable bonds is 8. The van der Waals surface area contributed by atoms with Gasteiger partial charge in [-0.15, -0.1) is 0 Å². The summed E-state index contributed by atoms with van der Waals surface area (Å²) in [5.41, 5.74) is -0.436. The van der Waals surface area contributed by atoms with Gasteiger partial charge in [-0.2, -0.15) is 0 Å². The van der Waals surface area contributed by atoms with Crippen LogP contribution in [0.2, 0.25) is 0 Å². The first-order valence-electron chi connectivity index (χ1n) is 6.83. The van der Waals surface area contributed by atoms with Crippen LogP contribution in [-0.2, 0) is 19.1 Å². The zero-order chi connectivity index (χ0) is 16.1. The van der Waals surface area contributed by atoms with Crippen molar-refractivity contribution in [2.24, 2.45) is 5.41 Å². The molecule has 0 atom stereocenters. The largest absolute Gasteiger partial charge is 0.462 e. The zero-order valence-electron chi connectivity index (χ0n) is 13.2. The summed E-state index contributed by atoms with van der Waals surface area (Å²) in [5, 5.41) is 0. The van der Waals surface area contributed by atoms with Gasteiger partial charge in [-0.05, 0) is 13.8 Å². The third-order valence-corrected chi connectivity index (χ3v) is 2.28. The standard InChI is InChI=1S/C17H24O4/c1-5-7-9-11-15(18)20-13-17(3,4)14-21-16(19)12-10-8-6-2/h5-12H,13-14H2,1-4H3. The summed E-state index contributed by atoms with van der Waals surface area (Å²) in [4.78, 5) is 22.8. The Morgan fingerprint density at radius 3 is 1.52 bits per heavy atom. The minimum atomic E-state index is -0.436. The van der Waals surface area contributed by atoms with E-state index >= 15 is 0 Å². The van der Waals surface area contributed by atoms with Crippen molar-refractivity contribution >= 4 is 11.9 Å². The van der Waals surface area contributed by atoms with Crippen LogP contribution in [0.3, 0.4) is 0 Å². The van der Waals surface area contributed by atoms with E-state index in [-0.39, 0.29) is 13.2 Å². The number of carbonyl (C=O) groups is 2. The van der Waals surface area contributed by atoms with Crippen LogP contribution in [0.1, 0.15) is 27.7 Å². The Balaban J connectivity index is 4.14. The summed E-state index contributed by atoms with van der Waals surface area (Å²) in [6.07, 6.45) is 13.0. The fourth-order valence-electron chi connectivity index (χ4n) is 1.16. The number of hydrogen-bond donors (Lipinski definition) is 0. The molecule has 116 valence electrons. The molecule has 0 heterocycles. The van der Waals surface area contributed by atoms with E-state index in [1.54, 1.807) is 24.3 Å². The molecule has 0 aromatic carbocycles. The van der Waals surface area contributed by atoms with Gasteiger partial charge in [0.1, 0.15) is 0 Å². The van der Waals surface area contributed by atoms with Crippen molar-refractivity contribution < 1.29 is 19.1 Å². The Labute approximate surface area is 126 Å². The number of hydrogen-bond acceptors (Lipinski definition) is 4. The summed E-state index contributed by atoms with van der Waals surface area (Å²) >= 11 is 0. The van der Waals surface area contributed by atoms with Crippen LogP contribution in [0.4, 0.5) is 0 Å². The molecule has 0 fully saturated rings. The minimum Gasteiger partial charge on any atom is -0.462 e. The molecule has 0 N–H and O–H groups in total. The third-order valence-electron chi connectivity index (χ3n) is 2.28. The molecule has 0 radical (unpaired) electrons. The lowest BCUT2D eigenvalue weighted by Gasteiger charge is -2.22. The van der Waals surface area contributed by atoms with Gasteiger partial charge in [-0.1, -0.05) is 50.3 Å².